The lowest BCUT2D eigenvalue weighted by Gasteiger charge is -2.11. The van der Waals surface area contributed by atoms with E-state index in [0.717, 1.165) is 12.1 Å². The quantitative estimate of drug-likeness (QED) is 0.360. The molecule has 0 radical (unpaired) electrons. The number of pyridine rings is 1. The first-order chi connectivity index (χ1) is 14.8. The number of H-pyrrole nitrogens is 1. The summed E-state index contributed by atoms with van der Waals surface area (Å²) in [5.41, 5.74) is -1.09. The number of hydrogen-bond donors (Lipinski definition) is 2. The molecule has 31 heavy (non-hydrogen) atoms. The summed E-state index contributed by atoms with van der Waals surface area (Å²) in [6.45, 7) is 2.24. The van der Waals surface area contributed by atoms with Gasteiger partial charge in [0.1, 0.15) is 23.8 Å². The minimum Gasteiger partial charge on any atom is -0.490 e. The molecule has 1 aromatic carbocycles. The molecule has 0 saturated heterocycles. The Morgan fingerprint density at radius 3 is 2.74 bits per heavy atom. The van der Waals surface area contributed by atoms with E-state index in [9.17, 15) is 22.0 Å². The van der Waals surface area contributed by atoms with Crippen LogP contribution in [-0.4, -0.2) is 50.2 Å². The van der Waals surface area contributed by atoms with Crippen LogP contribution in [0.2, 0.25) is 0 Å². The van der Waals surface area contributed by atoms with Gasteiger partial charge in [-0.05, 0) is 24.6 Å². The second-order valence-electron chi connectivity index (χ2n) is 6.64. The number of nitrogens with zero attached hydrogens (tertiary/aromatic N) is 1. The van der Waals surface area contributed by atoms with Gasteiger partial charge in [-0.15, -0.1) is 0 Å². The van der Waals surface area contributed by atoms with Crippen LogP contribution in [0.3, 0.4) is 0 Å². The number of ether oxygens (including phenoxy) is 2. The van der Waals surface area contributed by atoms with E-state index < -0.39 is 38.7 Å². The van der Waals surface area contributed by atoms with Gasteiger partial charge in [-0.3, -0.25) is 9.52 Å². The lowest BCUT2D eigenvalue weighted by Crippen LogP contribution is -2.18. The van der Waals surface area contributed by atoms with Crippen LogP contribution in [0.4, 0.5) is 14.5 Å². The van der Waals surface area contributed by atoms with Crippen molar-refractivity contribution in [1.29, 1.82) is 0 Å². The van der Waals surface area contributed by atoms with Gasteiger partial charge in [0.25, 0.3) is 0 Å². The second-order valence-corrected chi connectivity index (χ2v) is 8.49. The Bertz CT molecular complexity index is 1210. The molecule has 2 aromatic heterocycles. The molecule has 8 nitrogen and oxygen atoms in total. The third-order valence-corrected chi connectivity index (χ3v) is 5.84. The van der Waals surface area contributed by atoms with Crippen molar-refractivity contribution in [3.05, 3.63) is 53.4 Å². The summed E-state index contributed by atoms with van der Waals surface area (Å²) in [6, 6.07) is 3.30. The largest absolute Gasteiger partial charge is 0.490 e. The van der Waals surface area contributed by atoms with Crippen molar-refractivity contribution < 1.29 is 31.5 Å². The fourth-order valence-electron chi connectivity index (χ4n) is 2.96. The molecule has 0 spiro atoms. The molecule has 0 aliphatic carbocycles. The van der Waals surface area contributed by atoms with Crippen molar-refractivity contribution in [3.8, 4) is 5.75 Å². The number of nitrogens with one attached hydrogen (secondary N) is 2. The zero-order chi connectivity index (χ0) is 22.6. The number of benzene rings is 1. The third kappa shape index (κ3) is 5.00. The lowest BCUT2D eigenvalue weighted by atomic mass is 10.0. The van der Waals surface area contributed by atoms with Crippen LogP contribution in [-0.2, 0) is 14.8 Å². The van der Waals surface area contributed by atoms with Gasteiger partial charge in [-0.25, -0.2) is 22.2 Å². The van der Waals surface area contributed by atoms with Crippen LogP contribution in [0, 0.1) is 11.6 Å². The van der Waals surface area contributed by atoms with Gasteiger partial charge in [0.2, 0.25) is 15.8 Å². The smallest absolute Gasteiger partial charge is 0.232 e. The van der Waals surface area contributed by atoms with Crippen LogP contribution in [0.5, 0.6) is 5.75 Å². The van der Waals surface area contributed by atoms with Gasteiger partial charge >= 0.3 is 0 Å². The average Bonchev–Trinajstić information content (AvgIpc) is 3.13. The van der Waals surface area contributed by atoms with E-state index in [-0.39, 0.29) is 17.9 Å². The van der Waals surface area contributed by atoms with Crippen LogP contribution in [0.1, 0.15) is 29.3 Å². The molecule has 0 saturated carbocycles. The molecule has 3 aromatic rings. The molecule has 11 heteroatoms. The van der Waals surface area contributed by atoms with Gasteiger partial charge in [0.05, 0.1) is 29.8 Å². The topological polar surface area (TPSA) is 110 Å². The molecule has 0 unspecified atom stereocenters. The fraction of sp³-hybridized carbons (Fsp3) is 0.300. The number of fused-ring (bicyclic) bond motifs is 1. The summed E-state index contributed by atoms with van der Waals surface area (Å²) in [6.07, 6.45) is 3.03. The van der Waals surface area contributed by atoms with Crippen molar-refractivity contribution in [2.75, 3.05) is 30.8 Å². The zero-order valence-electron chi connectivity index (χ0n) is 16.9. The summed E-state index contributed by atoms with van der Waals surface area (Å²) in [5.74, 6) is -3.27. The maximum atomic E-state index is 15.0. The molecule has 0 bridgehead atoms. The Balaban J connectivity index is 2.00. The molecule has 0 amide bonds. The van der Waals surface area contributed by atoms with E-state index in [1.807, 2.05) is 0 Å². The number of aromatic nitrogens is 2. The first kappa shape index (κ1) is 22.6. The summed E-state index contributed by atoms with van der Waals surface area (Å²) in [4.78, 5) is 19.9. The highest BCUT2D eigenvalue weighted by atomic mass is 32.2. The summed E-state index contributed by atoms with van der Waals surface area (Å²) in [7, 11) is -2.31. The van der Waals surface area contributed by atoms with Gasteiger partial charge in [0, 0.05) is 24.3 Å². The van der Waals surface area contributed by atoms with E-state index in [1.165, 1.54) is 25.6 Å². The number of sulfonamides is 1. The molecule has 2 heterocycles. The molecule has 0 atom stereocenters. The number of carbonyl (C=O) groups is 1. The van der Waals surface area contributed by atoms with Crippen LogP contribution in [0.15, 0.2) is 30.6 Å². The molecular weight excluding hydrogens is 432 g/mol. The number of methoxy groups -OCH3 is 1. The molecule has 2 N–H and O–H groups in total. The molecule has 166 valence electrons. The van der Waals surface area contributed by atoms with E-state index in [0.29, 0.717) is 29.8 Å². The number of aromatic amines is 1. The van der Waals surface area contributed by atoms with E-state index in [1.54, 1.807) is 6.92 Å². The first-order valence-electron chi connectivity index (χ1n) is 9.39. The van der Waals surface area contributed by atoms with Crippen molar-refractivity contribution in [3.63, 3.8) is 0 Å². The molecule has 0 aliphatic rings. The SMILES string of the molecule is CCCS(=O)(=O)Nc1ccc(F)c(C(=O)c2c[nH]c3ncc(OCCOC)cc23)c1F. The minimum atomic E-state index is -3.83. The minimum absolute atomic E-state index is 0.0361. The highest BCUT2D eigenvalue weighted by molar-refractivity contribution is 7.92. The second kappa shape index (κ2) is 9.40. The van der Waals surface area contributed by atoms with Crippen LogP contribution >= 0.6 is 0 Å². The predicted molar refractivity (Wildman–Crippen MR) is 111 cm³/mol. The van der Waals surface area contributed by atoms with Crippen LogP contribution < -0.4 is 9.46 Å². The summed E-state index contributed by atoms with van der Waals surface area (Å²) in [5, 5.41) is 0.302. The summed E-state index contributed by atoms with van der Waals surface area (Å²) < 4.78 is 65.8. The number of hydrogen-bond acceptors (Lipinski definition) is 6. The number of rotatable bonds is 10. The molecular formula is C20H21F2N3O5S. The third-order valence-electron chi connectivity index (χ3n) is 4.36. The monoisotopic (exact) mass is 453 g/mol. The molecule has 3 rings (SSSR count). The Labute approximate surface area is 177 Å². The first-order valence-corrected chi connectivity index (χ1v) is 11.0. The summed E-state index contributed by atoms with van der Waals surface area (Å²) >= 11 is 0. The van der Waals surface area contributed by atoms with Gasteiger partial charge in [0.15, 0.2) is 5.82 Å². The molecule has 0 fully saturated rings. The van der Waals surface area contributed by atoms with Gasteiger partial charge in [-0.1, -0.05) is 6.92 Å². The fourth-order valence-corrected chi connectivity index (χ4v) is 4.09. The van der Waals surface area contributed by atoms with E-state index >= 15 is 0 Å². The predicted octanol–water partition coefficient (Wildman–Crippen LogP) is 3.25. The highest BCUT2D eigenvalue weighted by Gasteiger charge is 2.26. The number of anilines is 1. The number of ketones is 1. The number of carbonyl (C=O) groups excluding carboxylic acids is 1. The normalized spacial score (nSPS) is 11.6. The van der Waals surface area contributed by atoms with Crippen molar-refractivity contribution in [1.82, 2.24) is 9.97 Å². The van der Waals surface area contributed by atoms with Gasteiger partial charge in [-0.2, -0.15) is 0 Å². The lowest BCUT2D eigenvalue weighted by molar-refractivity contribution is 0.103. The zero-order valence-corrected chi connectivity index (χ0v) is 17.7. The Kier molecular flexibility index (Phi) is 6.86. The van der Waals surface area contributed by atoms with Crippen molar-refractivity contribution in [2.45, 2.75) is 13.3 Å². The highest BCUT2D eigenvalue weighted by Crippen LogP contribution is 2.28. The standard InChI is InChI=1S/C20H21F2N3O5S/c1-3-8-31(27,28)25-16-5-4-15(21)17(18(16)22)19(26)14-11-24-20-13(14)9-12(10-23-20)30-7-6-29-2/h4-5,9-11,25H,3,6-8H2,1-2H3,(H,23,24). The average molecular weight is 453 g/mol. The van der Waals surface area contributed by atoms with Gasteiger partial charge < -0.3 is 14.5 Å². The van der Waals surface area contributed by atoms with Crippen LogP contribution in [0.25, 0.3) is 11.0 Å². The maximum absolute atomic E-state index is 15.0. The number of halogens is 2. The Morgan fingerprint density at radius 2 is 2.03 bits per heavy atom. The van der Waals surface area contributed by atoms with Crippen molar-refractivity contribution in [2.24, 2.45) is 0 Å². The van der Waals surface area contributed by atoms with Crippen molar-refractivity contribution >= 4 is 32.5 Å². The molecule has 0 aliphatic heterocycles. The Hall–Kier alpha value is -3.05. The maximum Gasteiger partial charge on any atom is 0.232 e. The Morgan fingerprint density at radius 1 is 1.26 bits per heavy atom. The van der Waals surface area contributed by atoms with E-state index in [4.69, 9.17) is 9.47 Å². The van der Waals surface area contributed by atoms with E-state index in [2.05, 4.69) is 14.7 Å².